The van der Waals surface area contributed by atoms with Gasteiger partial charge in [-0.1, -0.05) is 18.2 Å². The summed E-state index contributed by atoms with van der Waals surface area (Å²) >= 11 is 0. The van der Waals surface area contributed by atoms with E-state index in [1.807, 2.05) is 35.9 Å². The number of hydrogen-bond donors (Lipinski definition) is 0. The van der Waals surface area contributed by atoms with Crippen LogP contribution >= 0.6 is 0 Å². The van der Waals surface area contributed by atoms with Gasteiger partial charge in [-0.15, -0.1) is 0 Å². The molecule has 1 heterocycles. The minimum atomic E-state index is -0.795. The quantitative estimate of drug-likeness (QED) is 0.802. The Morgan fingerprint density at radius 1 is 1.25 bits per heavy atom. The lowest BCUT2D eigenvalue weighted by Crippen LogP contribution is -2.34. The minimum absolute atomic E-state index is 0.237. The first-order valence-corrected chi connectivity index (χ1v) is 6.38. The molecule has 1 aromatic carbocycles. The summed E-state index contributed by atoms with van der Waals surface area (Å²) in [4.78, 5) is 25.3. The molecule has 0 unspecified atom stereocenters. The van der Waals surface area contributed by atoms with E-state index >= 15 is 0 Å². The van der Waals surface area contributed by atoms with Crippen LogP contribution in [0, 0.1) is 0 Å². The van der Waals surface area contributed by atoms with E-state index in [0.29, 0.717) is 5.56 Å². The molecule has 2 rings (SSSR count). The number of aryl methyl sites for hydroxylation is 1. The monoisotopic (exact) mass is 274 g/mol. The second-order valence-electron chi connectivity index (χ2n) is 4.95. The smallest absolute Gasteiger partial charge is 0.341 e. The number of carbonyl (C=O) groups excluding carboxylic acids is 2. The van der Waals surface area contributed by atoms with Crippen LogP contribution in [-0.4, -0.2) is 41.5 Å². The summed E-state index contributed by atoms with van der Waals surface area (Å²) in [6, 6.07) is 7.58. The molecule has 1 aromatic heterocycles. The number of carbonyl (C=O) groups is 2. The third-order valence-electron chi connectivity index (χ3n) is 3.19. The Kier molecular flexibility index (Phi) is 3.79. The van der Waals surface area contributed by atoms with Crippen molar-refractivity contribution in [3.63, 3.8) is 0 Å². The van der Waals surface area contributed by atoms with Gasteiger partial charge in [-0.25, -0.2) is 4.79 Å². The number of ether oxygens (including phenoxy) is 1. The Bertz CT molecular complexity index is 658. The standard InChI is InChI=1S/C15H18N2O3/c1-10(14(18)16(2)3)20-15(19)12-9-17(4)13-8-6-5-7-11(12)13/h5-10H,1-4H3/t10-/m0/s1. The number of hydrogen-bond acceptors (Lipinski definition) is 3. The van der Waals surface area contributed by atoms with E-state index in [1.165, 1.54) is 4.90 Å². The normalized spacial score (nSPS) is 12.2. The lowest BCUT2D eigenvalue weighted by atomic mass is 10.2. The Balaban J connectivity index is 2.26. The van der Waals surface area contributed by atoms with E-state index in [4.69, 9.17) is 4.74 Å². The molecule has 0 aliphatic carbocycles. The van der Waals surface area contributed by atoms with Crippen LogP contribution in [0.2, 0.25) is 0 Å². The summed E-state index contributed by atoms with van der Waals surface area (Å²) in [6.45, 7) is 1.57. The third kappa shape index (κ3) is 2.52. The van der Waals surface area contributed by atoms with Crippen LogP contribution in [0.3, 0.4) is 0 Å². The van der Waals surface area contributed by atoms with Crippen molar-refractivity contribution in [2.24, 2.45) is 7.05 Å². The molecule has 0 spiro atoms. The highest BCUT2D eigenvalue weighted by molar-refractivity contribution is 6.05. The van der Waals surface area contributed by atoms with E-state index in [-0.39, 0.29) is 5.91 Å². The number of rotatable bonds is 3. The van der Waals surface area contributed by atoms with Gasteiger partial charge in [-0.3, -0.25) is 4.79 Å². The zero-order chi connectivity index (χ0) is 14.9. The van der Waals surface area contributed by atoms with E-state index in [1.54, 1.807) is 27.2 Å². The van der Waals surface area contributed by atoms with Crippen molar-refractivity contribution in [3.05, 3.63) is 36.0 Å². The van der Waals surface area contributed by atoms with Crippen molar-refractivity contribution < 1.29 is 14.3 Å². The number of esters is 1. The van der Waals surface area contributed by atoms with Crippen molar-refractivity contribution in [1.82, 2.24) is 9.47 Å². The summed E-state index contributed by atoms with van der Waals surface area (Å²) in [5, 5.41) is 0.824. The highest BCUT2D eigenvalue weighted by Gasteiger charge is 2.22. The number of benzene rings is 1. The van der Waals surface area contributed by atoms with Crippen LogP contribution in [0.5, 0.6) is 0 Å². The molecular formula is C15H18N2O3. The Hall–Kier alpha value is -2.30. The van der Waals surface area contributed by atoms with Crippen molar-refractivity contribution in [2.45, 2.75) is 13.0 Å². The number of aromatic nitrogens is 1. The second kappa shape index (κ2) is 5.36. The van der Waals surface area contributed by atoms with Crippen molar-refractivity contribution in [1.29, 1.82) is 0 Å². The van der Waals surface area contributed by atoms with Crippen LogP contribution in [0.15, 0.2) is 30.5 Å². The minimum Gasteiger partial charge on any atom is -0.449 e. The van der Waals surface area contributed by atoms with Crippen LogP contribution < -0.4 is 0 Å². The van der Waals surface area contributed by atoms with Crippen LogP contribution in [0.1, 0.15) is 17.3 Å². The van der Waals surface area contributed by atoms with Gasteiger partial charge >= 0.3 is 5.97 Å². The summed E-state index contributed by atoms with van der Waals surface area (Å²) < 4.78 is 7.10. The molecule has 1 amide bonds. The molecule has 0 radical (unpaired) electrons. The molecule has 0 saturated heterocycles. The fraction of sp³-hybridized carbons (Fsp3) is 0.333. The van der Waals surface area contributed by atoms with Gasteiger partial charge in [0.1, 0.15) is 0 Å². The molecule has 1 atom stereocenters. The maximum Gasteiger partial charge on any atom is 0.341 e. The summed E-state index contributed by atoms with van der Waals surface area (Å²) in [5.74, 6) is -0.719. The average Bonchev–Trinajstić information content (AvgIpc) is 2.75. The molecule has 0 aliphatic heterocycles. The summed E-state index contributed by atoms with van der Waals surface area (Å²) in [6.07, 6.45) is 0.927. The maximum absolute atomic E-state index is 12.2. The zero-order valence-electron chi connectivity index (χ0n) is 12.1. The summed E-state index contributed by atoms with van der Waals surface area (Å²) in [7, 11) is 5.13. The Labute approximate surface area is 117 Å². The lowest BCUT2D eigenvalue weighted by Gasteiger charge is -2.16. The first-order valence-electron chi connectivity index (χ1n) is 6.38. The number of fused-ring (bicyclic) bond motifs is 1. The van der Waals surface area contributed by atoms with Gasteiger partial charge in [-0.2, -0.15) is 0 Å². The molecule has 2 aromatic rings. The highest BCUT2D eigenvalue weighted by Crippen LogP contribution is 2.21. The topological polar surface area (TPSA) is 51.5 Å². The first-order chi connectivity index (χ1) is 9.41. The van der Waals surface area contributed by atoms with Gasteiger partial charge in [0.2, 0.25) is 0 Å². The van der Waals surface area contributed by atoms with Crippen LogP contribution in [-0.2, 0) is 16.6 Å². The van der Waals surface area contributed by atoms with E-state index in [0.717, 1.165) is 10.9 Å². The Morgan fingerprint density at radius 3 is 2.55 bits per heavy atom. The largest absolute Gasteiger partial charge is 0.449 e. The molecule has 5 nitrogen and oxygen atoms in total. The first kappa shape index (κ1) is 14.1. The molecular weight excluding hydrogens is 256 g/mol. The molecule has 20 heavy (non-hydrogen) atoms. The van der Waals surface area contributed by atoms with E-state index in [2.05, 4.69) is 0 Å². The van der Waals surface area contributed by atoms with Crippen molar-refractivity contribution in [3.8, 4) is 0 Å². The fourth-order valence-electron chi connectivity index (χ4n) is 2.14. The molecule has 5 heteroatoms. The number of nitrogens with zero attached hydrogens (tertiary/aromatic N) is 2. The third-order valence-corrected chi connectivity index (χ3v) is 3.19. The molecule has 0 fully saturated rings. The zero-order valence-corrected chi connectivity index (χ0v) is 12.1. The maximum atomic E-state index is 12.2. The van der Waals surface area contributed by atoms with Gasteiger partial charge in [0.05, 0.1) is 5.56 Å². The number of likely N-dealkylation sites (N-methyl/N-ethyl adjacent to an activating group) is 1. The van der Waals surface area contributed by atoms with Crippen LogP contribution in [0.4, 0.5) is 0 Å². The SMILES string of the molecule is C[C@H](OC(=O)c1cn(C)c2ccccc12)C(=O)N(C)C. The van der Waals surface area contributed by atoms with Gasteiger partial charge in [0.25, 0.3) is 5.91 Å². The number of para-hydroxylation sites is 1. The second-order valence-corrected chi connectivity index (χ2v) is 4.95. The van der Waals surface area contributed by atoms with Gasteiger partial charge in [0, 0.05) is 38.2 Å². The fourth-order valence-corrected chi connectivity index (χ4v) is 2.14. The lowest BCUT2D eigenvalue weighted by molar-refractivity contribution is -0.137. The van der Waals surface area contributed by atoms with Gasteiger partial charge < -0.3 is 14.2 Å². The molecule has 106 valence electrons. The van der Waals surface area contributed by atoms with Crippen LogP contribution in [0.25, 0.3) is 10.9 Å². The molecule has 0 N–H and O–H groups in total. The predicted octanol–water partition coefficient (Wildman–Crippen LogP) is 1.81. The highest BCUT2D eigenvalue weighted by atomic mass is 16.5. The van der Waals surface area contributed by atoms with Gasteiger partial charge in [0.15, 0.2) is 6.10 Å². The van der Waals surface area contributed by atoms with Crippen molar-refractivity contribution >= 4 is 22.8 Å². The molecule has 0 bridgehead atoms. The molecule has 0 saturated carbocycles. The molecule has 0 aliphatic rings. The van der Waals surface area contributed by atoms with E-state index in [9.17, 15) is 9.59 Å². The summed E-state index contributed by atoms with van der Waals surface area (Å²) in [5.41, 5.74) is 1.42. The van der Waals surface area contributed by atoms with Crippen molar-refractivity contribution in [2.75, 3.05) is 14.1 Å². The Morgan fingerprint density at radius 2 is 1.90 bits per heavy atom. The average molecular weight is 274 g/mol. The number of amides is 1. The van der Waals surface area contributed by atoms with E-state index < -0.39 is 12.1 Å². The predicted molar refractivity (Wildman–Crippen MR) is 76.5 cm³/mol. The van der Waals surface area contributed by atoms with Gasteiger partial charge in [-0.05, 0) is 13.0 Å².